The molecule has 0 amide bonds. The first kappa shape index (κ1) is 18.2. The Labute approximate surface area is 144 Å². The van der Waals surface area contributed by atoms with Crippen LogP contribution in [0.5, 0.6) is 11.6 Å². The molecule has 24 heavy (non-hydrogen) atoms. The molecule has 0 saturated heterocycles. The van der Waals surface area contributed by atoms with E-state index in [-0.39, 0.29) is 35.6 Å². The summed E-state index contributed by atoms with van der Waals surface area (Å²) in [5.74, 6) is 0.647. The van der Waals surface area contributed by atoms with Crippen molar-refractivity contribution in [3.63, 3.8) is 0 Å². The zero-order valence-electron chi connectivity index (χ0n) is 13.5. The number of rotatable bonds is 8. The zero-order valence-corrected chi connectivity index (χ0v) is 14.3. The van der Waals surface area contributed by atoms with E-state index in [1.807, 2.05) is 13.8 Å². The Bertz CT molecular complexity index is 719. The van der Waals surface area contributed by atoms with Crippen LogP contribution in [0.4, 0.5) is 4.39 Å². The highest BCUT2D eigenvalue weighted by molar-refractivity contribution is 6.31. The maximum absolute atomic E-state index is 12.0. The van der Waals surface area contributed by atoms with E-state index in [1.54, 1.807) is 18.3 Å². The minimum absolute atomic E-state index is 0.00200. The maximum Gasteiger partial charge on any atom is 0.289 e. The van der Waals surface area contributed by atoms with Crippen LogP contribution in [0.2, 0.25) is 5.02 Å². The van der Waals surface area contributed by atoms with E-state index in [0.717, 1.165) is 5.56 Å². The molecular formula is C16H19ClFN3O3. The van der Waals surface area contributed by atoms with E-state index >= 15 is 0 Å². The predicted molar refractivity (Wildman–Crippen MR) is 88.5 cm³/mol. The van der Waals surface area contributed by atoms with Gasteiger partial charge >= 0.3 is 0 Å². The van der Waals surface area contributed by atoms with Gasteiger partial charge in [0.2, 0.25) is 5.88 Å². The Morgan fingerprint density at radius 1 is 1.29 bits per heavy atom. The van der Waals surface area contributed by atoms with Crippen molar-refractivity contribution in [2.45, 2.75) is 32.9 Å². The second-order valence-electron chi connectivity index (χ2n) is 5.35. The second-order valence-corrected chi connectivity index (χ2v) is 5.73. The number of ether oxygens (including phenoxy) is 2. The molecule has 0 aliphatic heterocycles. The van der Waals surface area contributed by atoms with E-state index in [2.05, 4.69) is 10.1 Å². The third-order valence-electron chi connectivity index (χ3n) is 3.12. The van der Waals surface area contributed by atoms with Gasteiger partial charge in [-0.3, -0.25) is 9.18 Å². The first-order valence-corrected chi connectivity index (χ1v) is 7.94. The highest BCUT2D eigenvalue weighted by Crippen LogP contribution is 2.20. The fourth-order valence-corrected chi connectivity index (χ4v) is 2.06. The Kier molecular flexibility index (Phi) is 6.54. The Morgan fingerprint density at radius 3 is 2.71 bits per heavy atom. The van der Waals surface area contributed by atoms with Gasteiger partial charge in [-0.05, 0) is 19.9 Å². The number of aromatic nitrogens is 3. The van der Waals surface area contributed by atoms with Gasteiger partial charge in [-0.2, -0.15) is 5.10 Å². The van der Waals surface area contributed by atoms with Crippen molar-refractivity contribution in [1.82, 2.24) is 14.8 Å². The highest BCUT2D eigenvalue weighted by Gasteiger charge is 2.12. The van der Waals surface area contributed by atoms with E-state index in [0.29, 0.717) is 12.3 Å². The molecule has 0 aliphatic rings. The van der Waals surface area contributed by atoms with Gasteiger partial charge < -0.3 is 9.47 Å². The highest BCUT2D eigenvalue weighted by atomic mass is 35.5. The lowest BCUT2D eigenvalue weighted by Crippen LogP contribution is -2.25. The predicted octanol–water partition coefficient (Wildman–Crippen LogP) is 3.19. The summed E-state index contributed by atoms with van der Waals surface area (Å²) in [5, 5.41) is 4.03. The zero-order chi connectivity index (χ0) is 17.5. The summed E-state index contributed by atoms with van der Waals surface area (Å²) in [6.07, 6.45) is 3.34. The van der Waals surface area contributed by atoms with Crippen LogP contribution >= 0.6 is 11.6 Å². The topological polar surface area (TPSA) is 66.2 Å². The van der Waals surface area contributed by atoms with Gasteiger partial charge in [-0.1, -0.05) is 11.6 Å². The molecular weight excluding hydrogens is 337 g/mol. The van der Waals surface area contributed by atoms with E-state index < -0.39 is 6.67 Å². The molecule has 2 aromatic heterocycles. The Balaban J connectivity index is 1.98. The molecule has 0 aliphatic carbocycles. The molecule has 2 heterocycles. The summed E-state index contributed by atoms with van der Waals surface area (Å²) in [6, 6.07) is 3.36. The molecule has 8 heteroatoms. The Hall–Kier alpha value is -2.15. The van der Waals surface area contributed by atoms with Crippen molar-refractivity contribution in [3.05, 3.63) is 45.5 Å². The van der Waals surface area contributed by atoms with Gasteiger partial charge in [-0.25, -0.2) is 9.67 Å². The quantitative estimate of drug-likeness (QED) is 0.680. The van der Waals surface area contributed by atoms with Crippen LogP contribution < -0.4 is 15.0 Å². The Morgan fingerprint density at radius 2 is 2.08 bits per heavy atom. The molecule has 0 fully saturated rings. The molecule has 0 bridgehead atoms. The number of pyridine rings is 1. The smallest absolute Gasteiger partial charge is 0.289 e. The SMILES string of the molecule is CC(C)n1ncc(OCc2ccc(OCCCF)nc2)c(Cl)c1=O. The van der Waals surface area contributed by atoms with E-state index in [1.165, 1.54) is 10.9 Å². The van der Waals surface area contributed by atoms with Crippen LogP contribution in [0, 0.1) is 0 Å². The number of hydrogen-bond donors (Lipinski definition) is 0. The fraction of sp³-hybridized carbons (Fsp3) is 0.438. The molecule has 130 valence electrons. The molecule has 0 unspecified atom stereocenters. The monoisotopic (exact) mass is 355 g/mol. The van der Waals surface area contributed by atoms with E-state index in [9.17, 15) is 9.18 Å². The van der Waals surface area contributed by atoms with Gasteiger partial charge in [-0.15, -0.1) is 0 Å². The lowest BCUT2D eigenvalue weighted by Gasteiger charge is -2.12. The summed E-state index contributed by atoms with van der Waals surface area (Å²) in [6.45, 7) is 3.73. The van der Waals surface area contributed by atoms with Crippen molar-refractivity contribution in [3.8, 4) is 11.6 Å². The lowest BCUT2D eigenvalue weighted by atomic mass is 10.3. The summed E-state index contributed by atoms with van der Waals surface area (Å²) < 4.78 is 24.1. The first-order valence-electron chi connectivity index (χ1n) is 7.56. The number of nitrogens with zero attached hydrogens (tertiary/aromatic N) is 3. The van der Waals surface area contributed by atoms with Gasteiger partial charge in [0.1, 0.15) is 6.61 Å². The number of hydrogen-bond acceptors (Lipinski definition) is 5. The summed E-state index contributed by atoms with van der Waals surface area (Å²) in [5.41, 5.74) is 0.385. The molecule has 6 nitrogen and oxygen atoms in total. The summed E-state index contributed by atoms with van der Waals surface area (Å²) in [4.78, 5) is 16.1. The second kappa shape index (κ2) is 8.63. The van der Waals surface area contributed by atoms with Crippen LogP contribution in [-0.4, -0.2) is 28.0 Å². The van der Waals surface area contributed by atoms with Crippen LogP contribution in [0.25, 0.3) is 0 Å². The third kappa shape index (κ3) is 4.67. The third-order valence-corrected chi connectivity index (χ3v) is 3.47. The summed E-state index contributed by atoms with van der Waals surface area (Å²) >= 11 is 6.04. The van der Waals surface area contributed by atoms with Gasteiger partial charge in [0.15, 0.2) is 10.8 Å². The van der Waals surface area contributed by atoms with Gasteiger partial charge in [0, 0.05) is 24.2 Å². The average Bonchev–Trinajstić information content (AvgIpc) is 2.57. The standard InChI is InChI=1S/C16H19ClFN3O3/c1-11(2)21-16(22)15(17)13(9-20-21)24-10-12-4-5-14(19-8-12)23-7-3-6-18/h4-5,8-9,11H,3,6-7,10H2,1-2H3. The van der Waals surface area contributed by atoms with Crippen LogP contribution in [0.3, 0.4) is 0 Å². The molecule has 0 spiro atoms. The molecule has 2 rings (SSSR count). The van der Waals surface area contributed by atoms with Crippen LogP contribution in [-0.2, 0) is 6.61 Å². The van der Waals surface area contributed by atoms with Crippen molar-refractivity contribution in [2.24, 2.45) is 0 Å². The van der Waals surface area contributed by atoms with Crippen molar-refractivity contribution >= 4 is 11.6 Å². The van der Waals surface area contributed by atoms with Crippen molar-refractivity contribution in [2.75, 3.05) is 13.3 Å². The lowest BCUT2D eigenvalue weighted by molar-refractivity contribution is 0.278. The van der Waals surface area contributed by atoms with Crippen LogP contribution in [0.1, 0.15) is 31.9 Å². The number of alkyl halides is 1. The molecule has 0 saturated carbocycles. The molecule has 0 N–H and O–H groups in total. The molecule has 0 radical (unpaired) electrons. The minimum atomic E-state index is -0.420. The molecule has 0 aromatic carbocycles. The summed E-state index contributed by atoms with van der Waals surface area (Å²) in [7, 11) is 0. The molecule has 2 aromatic rings. The molecule has 0 atom stereocenters. The van der Waals surface area contributed by atoms with E-state index in [4.69, 9.17) is 21.1 Å². The normalized spacial score (nSPS) is 10.9. The average molecular weight is 356 g/mol. The number of halogens is 2. The fourth-order valence-electron chi connectivity index (χ4n) is 1.87. The van der Waals surface area contributed by atoms with Crippen molar-refractivity contribution < 1.29 is 13.9 Å². The first-order chi connectivity index (χ1) is 11.5. The minimum Gasteiger partial charge on any atom is -0.485 e. The van der Waals surface area contributed by atoms with Gasteiger partial charge in [0.05, 0.1) is 25.5 Å². The van der Waals surface area contributed by atoms with Crippen molar-refractivity contribution in [1.29, 1.82) is 0 Å². The maximum atomic E-state index is 12.0. The van der Waals surface area contributed by atoms with Gasteiger partial charge in [0.25, 0.3) is 5.56 Å². The van der Waals surface area contributed by atoms with Crippen LogP contribution in [0.15, 0.2) is 29.3 Å². The largest absolute Gasteiger partial charge is 0.485 e.